The molecule has 0 radical (unpaired) electrons. The van der Waals surface area contributed by atoms with Crippen LogP contribution in [-0.2, 0) is 9.53 Å². The summed E-state index contributed by atoms with van der Waals surface area (Å²) >= 11 is 1.23. The zero-order chi connectivity index (χ0) is 17.0. The lowest BCUT2D eigenvalue weighted by molar-refractivity contribution is -0.131. The number of rotatable bonds is 4. The van der Waals surface area contributed by atoms with Crippen molar-refractivity contribution in [2.45, 2.75) is 32.4 Å². The molecule has 0 aliphatic heterocycles. The molecule has 1 amide bonds. The minimum Gasteiger partial charge on any atom is -0.443 e. The Morgan fingerprint density at radius 2 is 1.83 bits per heavy atom. The van der Waals surface area contributed by atoms with Crippen molar-refractivity contribution < 1.29 is 18.7 Å². The maximum atomic E-state index is 13.1. The predicted molar refractivity (Wildman–Crippen MR) is 86.8 cm³/mol. The highest BCUT2D eigenvalue weighted by Crippen LogP contribution is 2.22. The molecule has 0 aliphatic rings. The third-order valence-electron chi connectivity index (χ3n) is 2.86. The van der Waals surface area contributed by atoms with Crippen LogP contribution in [0.25, 0.3) is 0 Å². The second-order valence-corrected chi connectivity index (χ2v) is 7.00. The number of carbonyl (C=O) groups is 2. The quantitative estimate of drug-likeness (QED) is 0.867. The van der Waals surface area contributed by atoms with Crippen LogP contribution in [0.1, 0.15) is 42.1 Å². The van der Waals surface area contributed by atoms with E-state index in [1.54, 1.807) is 17.5 Å². The van der Waals surface area contributed by atoms with E-state index in [-0.39, 0.29) is 0 Å². The normalized spacial score (nSPS) is 12.5. The Labute approximate surface area is 138 Å². The van der Waals surface area contributed by atoms with Gasteiger partial charge in [0.2, 0.25) is 6.10 Å². The van der Waals surface area contributed by atoms with Gasteiger partial charge in [-0.05, 0) is 44.4 Å². The molecule has 1 N–H and O–H groups in total. The zero-order valence-corrected chi connectivity index (χ0v) is 13.9. The number of esters is 1. The highest BCUT2D eigenvalue weighted by Gasteiger charge is 2.28. The van der Waals surface area contributed by atoms with Gasteiger partial charge in [0.1, 0.15) is 10.7 Å². The number of amides is 1. The second kappa shape index (κ2) is 6.91. The molecule has 2 rings (SSSR count). The van der Waals surface area contributed by atoms with Crippen molar-refractivity contribution in [1.29, 1.82) is 0 Å². The van der Waals surface area contributed by atoms with E-state index in [0.717, 1.165) is 0 Å². The Balaban J connectivity index is 2.25. The van der Waals surface area contributed by atoms with Gasteiger partial charge in [-0.25, -0.2) is 9.18 Å². The molecule has 0 aliphatic carbocycles. The van der Waals surface area contributed by atoms with E-state index < -0.39 is 29.3 Å². The van der Waals surface area contributed by atoms with E-state index in [2.05, 4.69) is 5.32 Å². The summed E-state index contributed by atoms with van der Waals surface area (Å²) in [7, 11) is 0. The molecule has 0 saturated carbocycles. The molecular weight excluding hydrogens is 317 g/mol. The van der Waals surface area contributed by atoms with Crippen LogP contribution in [-0.4, -0.2) is 17.4 Å². The lowest BCUT2D eigenvalue weighted by Gasteiger charge is -2.25. The number of thiophene rings is 1. The molecular formula is C17H18FNO3S. The van der Waals surface area contributed by atoms with Crippen LogP contribution in [0.2, 0.25) is 0 Å². The topological polar surface area (TPSA) is 55.4 Å². The van der Waals surface area contributed by atoms with Crippen molar-refractivity contribution in [3.8, 4) is 0 Å². The Bertz CT molecular complexity index is 675. The smallest absolute Gasteiger partial charge is 0.349 e. The molecule has 4 nitrogen and oxygen atoms in total. The molecule has 0 bridgehead atoms. The van der Waals surface area contributed by atoms with Crippen LogP contribution in [0.4, 0.5) is 4.39 Å². The monoisotopic (exact) mass is 335 g/mol. The fourth-order valence-corrected chi connectivity index (χ4v) is 2.51. The van der Waals surface area contributed by atoms with Crippen molar-refractivity contribution in [2.75, 3.05) is 0 Å². The number of halogens is 1. The molecule has 0 fully saturated rings. The fraction of sp³-hybridized carbons (Fsp3) is 0.294. The maximum absolute atomic E-state index is 13.1. The van der Waals surface area contributed by atoms with Gasteiger partial charge in [0.05, 0.1) is 0 Å². The van der Waals surface area contributed by atoms with Gasteiger partial charge in [0.15, 0.2) is 0 Å². The van der Waals surface area contributed by atoms with Gasteiger partial charge in [-0.15, -0.1) is 11.3 Å². The molecule has 23 heavy (non-hydrogen) atoms. The summed E-state index contributed by atoms with van der Waals surface area (Å²) in [6.45, 7) is 5.48. The minimum absolute atomic E-state index is 0.403. The SMILES string of the molecule is CC(C)(C)NC(=O)[C@H](OC(=O)c1cccs1)c1ccc(F)cc1. The number of hydrogen-bond donors (Lipinski definition) is 1. The van der Waals surface area contributed by atoms with Crippen LogP contribution >= 0.6 is 11.3 Å². The summed E-state index contributed by atoms with van der Waals surface area (Å²) in [5.74, 6) is -1.46. The molecule has 6 heteroatoms. The summed E-state index contributed by atoms with van der Waals surface area (Å²) in [5, 5.41) is 4.53. The molecule has 1 aromatic carbocycles. The third kappa shape index (κ3) is 4.89. The zero-order valence-electron chi connectivity index (χ0n) is 13.1. The summed E-state index contributed by atoms with van der Waals surface area (Å²) in [6.07, 6.45) is -1.13. The number of hydrogen-bond acceptors (Lipinski definition) is 4. The minimum atomic E-state index is -1.13. The first-order chi connectivity index (χ1) is 10.8. The molecule has 1 heterocycles. The Morgan fingerprint density at radius 3 is 2.35 bits per heavy atom. The van der Waals surface area contributed by atoms with Crippen LogP contribution in [0.5, 0.6) is 0 Å². The number of nitrogens with one attached hydrogen (secondary N) is 1. The van der Waals surface area contributed by atoms with Gasteiger partial charge in [0, 0.05) is 11.1 Å². The number of carbonyl (C=O) groups excluding carboxylic acids is 2. The molecule has 0 unspecified atom stereocenters. The van der Waals surface area contributed by atoms with Crippen molar-refractivity contribution in [2.24, 2.45) is 0 Å². The molecule has 0 saturated heterocycles. The van der Waals surface area contributed by atoms with E-state index in [4.69, 9.17) is 4.74 Å². The first kappa shape index (κ1) is 17.1. The largest absolute Gasteiger partial charge is 0.443 e. The van der Waals surface area contributed by atoms with Gasteiger partial charge in [0.25, 0.3) is 5.91 Å². The molecule has 1 aromatic heterocycles. The number of ether oxygens (including phenoxy) is 1. The second-order valence-electron chi connectivity index (χ2n) is 6.05. The molecule has 0 spiro atoms. The molecule has 2 aromatic rings. The Kier molecular flexibility index (Phi) is 5.15. The van der Waals surface area contributed by atoms with Crippen LogP contribution in [0.15, 0.2) is 41.8 Å². The summed E-state index contributed by atoms with van der Waals surface area (Å²) < 4.78 is 18.5. The van der Waals surface area contributed by atoms with E-state index >= 15 is 0 Å². The van der Waals surface area contributed by atoms with Crippen molar-refractivity contribution >= 4 is 23.2 Å². The van der Waals surface area contributed by atoms with Gasteiger partial charge in [-0.3, -0.25) is 4.79 Å². The van der Waals surface area contributed by atoms with E-state index in [1.165, 1.54) is 35.6 Å². The lowest BCUT2D eigenvalue weighted by atomic mass is 10.1. The van der Waals surface area contributed by atoms with Crippen molar-refractivity contribution in [1.82, 2.24) is 5.32 Å². The van der Waals surface area contributed by atoms with Crippen LogP contribution in [0.3, 0.4) is 0 Å². The highest BCUT2D eigenvalue weighted by atomic mass is 32.1. The van der Waals surface area contributed by atoms with Crippen LogP contribution < -0.4 is 5.32 Å². The summed E-state index contributed by atoms with van der Waals surface area (Å²) in [6, 6.07) is 8.67. The molecule has 122 valence electrons. The molecule has 1 atom stereocenters. The standard InChI is InChI=1S/C17H18FNO3S/c1-17(2,3)19-15(20)14(11-6-8-12(18)9-7-11)22-16(21)13-5-4-10-23-13/h4-10,14H,1-3H3,(H,19,20)/t14-/m1/s1. The van der Waals surface area contributed by atoms with E-state index in [9.17, 15) is 14.0 Å². The van der Waals surface area contributed by atoms with Gasteiger partial charge in [-0.1, -0.05) is 18.2 Å². The van der Waals surface area contributed by atoms with E-state index in [0.29, 0.717) is 10.4 Å². The van der Waals surface area contributed by atoms with Crippen LogP contribution in [0, 0.1) is 5.82 Å². The lowest BCUT2D eigenvalue weighted by Crippen LogP contribution is -2.44. The third-order valence-corrected chi connectivity index (χ3v) is 3.71. The first-order valence-electron chi connectivity index (χ1n) is 7.08. The fourth-order valence-electron chi connectivity index (χ4n) is 1.91. The van der Waals surface area contributed by atoms with Gasteiger partial charge >= 0.3 is 5.97 Å². The Hall–Kier alpha value is -2.21. The van der Waals surface area contributed by atoms with Crippen molar-refractivity contribution in [3.05, 3.63) is 58.0 Å². The highest BCUT2D eigenvalue weighted by molar-refractivity contribution is 7.11. The number of benzene rings is 1. The summed E-state index contributed by atoms with van der Waals surface area (Å²) in [4.78, 5) is 25.0. The average molecular weight is 335 g/mol. The summed E-state index contributed by atoms with van der Waals surface area (Å²) in [5.41, 5.74) is -0.0666. The van der Waals surface area contributed by atoms with E-state index in [1.807, 2.05) is 20.8 Å². The maximum Gasteiger partial charge on any atom is 0.349 e. The average Bonchev–Trinajstić information content (AvgIpc) is 2.98. The van der Waals surface area contributed by atoms with Gasteiger partial charge in [-0.2, -0.15) is 0 Å². The van der Waals surface area contributed by atoms with Crippen molar-refractivity contribution in [3.63, 3.8) is 0 Å². The Morgan fingerprint density at radius 1 is 1.17 bits per heavy atom. The van der Waals surface area contributed by atoms with Gasteiger partial charge < -0.3 is 10.1 Å². The predicted octanol–water partition coefficient (Wildman–Crippen LogP) is 3.70. The first-order valence-corrected chi connectivity index (χ1v) is 7.96.